The molecule has 2 aliphatic rings. The molecule has 0 spiro atoms. The molecule has 0 aliphatic carbocycles. The van der Waals surface area contributed by atoms with E-state index in [4.69, 9.17) is 9.47 Å². The van der Waals surface area contributed by atoms with Gasteiger partial charge in [0.05, 0.1) is 21.6 Å². The Balaban J connectivity index is 1.22. The summed E-state index contributed by atoms with van der Waals surface area (Å²) in [7, 11) is -2.07. The number of hydrogen-bond donors (Lipinski definition) is 4. The maximum atomic E-state index is 13.5. The Morgan fingerprint density at radius 2 is 1.95 bits per heavy atom. The van der Waals surface area contributed by atoms with E-state index in [9.17, 15) is 19.1 Å². The molecule has 0 bridgehead atoms. The lowest BCUT2D eigenvalue weighted by Gasteiger charge is -2.30. The monoisotopic (exact) mass is 619 g/mol. The molecule has 2 saturated heterocycles. The van der Waals surface area contributed by atoms with E-state index >= 15 is 0 Å². The number of benzene rings is 2. The molecule has 1 atom stereocenters. The van der Waals surface area contributed by atoms with Gasteiger partial charge in [0.15, 0.2) is 11.0 Å². The number of fused-ring (bicyclic) bond motifs is 1. The second kappa shape index (κ2) is 13.4. The van der Waals surface area contributed by atoms with Crippen LogP contribution in [0.2, 0.25) is 0 Å². The molecular weight excluding hydrogens is 586 g/mol. The zero-order chi connectivity index (χ0) is 30.5. The van der Waals surface area contributed by atoms with Gasteiger partial charge in [-0.25, -0.2) is 9.19 Å². The number of anilines is 2. The van der Waals surface area contributed by atoms with E-state index in [0.717, 1.165) is 50.1 Å². The third-order valence-corrected chi connectivity index (χ3v) is 8.84. The molecule has 0 radical (unpaired) electrons. The summed E-state index contributed by atoms with van der Waals surface area (Å²) in [5.41, 5.74) is 1.87. The van der Waals surface area contributed by atoms with Gasteiger partial charge in [0, 0.05) is 75.3 Å². The van der Waals surface area contributed by atoms with E-state index in [2.05, 4.69) is 30.2 Å². The molecule has 44 heavy (non-hydrogen) atoms. The number of rotatable bonds is 10. The molecule has 1 unspecified atom stereocenters. The molecule has 2 aliphatic heterocycles. The maximum absolute atomic E-state index is 13.5. The quantitative estimate of drug-likeness (QED) is 0.151. The number of ether oxygens (including phenoxy) is 2. The number of H-pyrrole nitrogens is 1. The van der Waals surface area contributed by atoms with E-state index in [1.807, 2.05) is 18.2 Å². The summed E-state index contributed by atoms with van der Waals surface area (Å²) >= 11 is 0. The van der Waals surface area contributed by atoms with Crippen LogP contribution in [0.15, 0.2) is 65.8 Å². The van der Waals surface area contributed by atoms with Crippen molar-refractivity contribution in [2.45, 2.75) is 17.7 Å². The van der Waals surface area contributed by atoms with Crippen molar-refractivity contribution in [2.75, 3.05) is 56.2 Å². The topological polar surface area (TPSA) is 164 Å². The molecule has 0 saturated carbocycles. The van der Waals surface area contributed by atoms with Gasteiger partial charge in [0.25, 0.3) is 11.6 Å². The van der Waals surface area contributed by atoms with Gasteiger partial charge in [-0.05, 0) is 55.2 Å². The molecule has 2 fully saturated rings. The van der Waals surface area contributed by atoms with Crippen LogP contribution in [-0.4, -0.2) is 70.9 Å². The third-order valence-electron chi connectivity index (χ3n) is 7.78. The predicted molar refractivity (Wildman–Crippen MR) is 167 cm³/mol. The highest BCUT2D eigenvalue weighted by Gasteiger charge is 2.23. The normalized spacial score (nSPS) is 16.4. The Kier molecular flexibility index (Phi) is 9.00. The standard InChI is InChI=1S/C30H33N7O6S/c38-30(35-44(41)24-2-4-26(27(17-24)37(39)40)33-18-20-6-13-42-14-7-20)25-3-1-22(36-11-9-31-10-12-36)16-28(25)43-23-15-21-5-8-32-29(21)34-19-23/h1-5,8,15-17,19-20,31,33H,6-7,9-14,18H2,(H,32,34)(H,35,38). The third kappa shape index (κ3) is 6.82. The smallest absolute Gasteiger partial charge is 0.293 e. The molecule has 1 amide bonds. The number of aromatic amines is 1. The fraction of sp³-hybridized carbons (Fsp3) is 0.333. The summed E-state index contributed by atoms with van der Waals surface area (Å²) in [5, 5.41) is 19.2. The van der Waals surface area contributed by atoms with Crippen LogP contribution in [-0.2, 0) is 15.7 Å². The summed E-state index contributed by atoms with van der Waals surface area (Å²) in [6, 6.07) is 13.2. The molecular formula is C30H33N7O6S. The van der Waals surface area contributed by atoms with Gasteiger partial charge < -0.3 is 30.0 Å². The van der Waals surface area contributed by atoms with Crippen LogP contribution in [0.25, 0.3) is 11.0 Å². The zero-order valence-electron chi connectivity index (χ0n) is 23.9. The lowest BCUT2D eigenvalue weighted by Crippen LogP contribution is -2.43. The molecule has 4 aromatic rings. The predicted octanol–water partition coefficient (Wildman–Crippen LogP) is 3.96. The Labute approximate surface area is 256 Å². The van der Waals surface area contributed by atoms with Crippen molar-refractivity contribution in [3.05, 3.63) is 76.6 Å². The molecule has 14 heteroatoms. The highest BCUT2D eigenvalue weighted by Crippen LogP contribution is 2.32. The number of nitrogens with one attached hydrogen (secondary N) is 4. The number of pyridine rings is 1. The molecule has 6 rings (SSSR count). The van der Waals surface area contributed by atoms with E-state index in [1.54, 1.807) is 24.5 Å². The van der Waals surface area contributed by atoms with E-state index in [-0.39, 0.29) is 21.9 Å². The van der Waals surface area contributed by atoms with Gasteiger partial charge >= 0.3 is 0 Å². The van der Waals surface area contributed by atoms with Crippen LogP contribution in [0.1, 0.15) is 23.2 Å². The second-order valence-corrected chi connectivity index (χ2v) is 11.9. The first-order valence-electron chi connectivity index (χ1n) is 14.5. The number of carbonyl (C=O) groups excluding carboxylic acids is 1. The fourth-order valence-electron chi connectivity index (χ4n) is 5.34. The van der Waals surface area contributed by atoms with Gasteiger partial charge in [-0.2, -0.15) is 0 Å². The molecule has 2 aromatic heterocycles. The van der Waals surface area contributed by atoms with Crippen LogP contribution in [0.3, 0.4) is 0 Å². The lowest BCUT2D eigenvalue weighted by molar-refractivity contribution is -0.384. The van der Waals surface area contributed by atoms with Crippen molar-refractivity contribution < 1.29 is 23.4 Å². The highest BCUT2D eigenvalue weighted by atomic mass is 32.2. The molecule has 230 valence electrons. The number of piperazine rings is 1. The van der Waals surface area contributed by atoms with E-state index in [1.165, 1.54) is 18.2 Å². The Hall–Kier alpha value is -4.53. The average molecular weight is 620 g/mol. The molecule has 2 aromatic carbocycles. The summed E-state index contributed by atoms with van der Waals surface area (Å²) in [5.74, 6) is 0.409. The maximum Gasteiger partial charge on any atom is 0.293 e. The van der Waals surface area contributed by atoms with Crippen molar-refractivity contribution in [3.8, 4) is 11.5 Å². The Morgan fingerprint density at radius 3 is 2.75 bits per heavy atom. The van der Waals surface area contributed by atoms with Crippen LogP contribution >= 0.6 is 0 Å². The van der Waals surface area contributed by atoms with Crippen molar-refractivity contribution in [2.24, 2.45) is 5.92 Å². The number of aromatic nitrogens is 2. The number of hydrogen-bond acceptors (Lipinski definition) is 10. The Bertz CT molecular complexity index is 1680. The number of nitro groups is 1. The summed E-state index contributed by atoms with van der Waals surface area (Å²) in [4.78, 5) is 34.5. The molecule has 4 heterocycles. The van der Waals surface area contributed by atoms with Crippen LogP contribution in [0.5, 0.6) is 11.5 Å². The lowest BCUT2D eigenvalue weighted by atomic mass is 10.0. The van der Waals surface area contributed by atoms with Gasteiger partial charge in [-0.1, -0.05) is 0 Å². The minimum Gasteiger partial charge on any atom is -0.455 e. The fourth-order valence-corrected chi connectivity index (χ4v) is 6.14. The van der Waals surface area contributed by atoms with Crippen LogP contribution in [0.4, 0.5) is 17.1 Å². The van der Waals surface area contributed by atoms with E-state index in [0.29, 0.717) is 42.8 Å². The van der Waals surface area contributed by atoms with Crippen LogP contribution < -0.4 is 25.0 Å². The number of amides is 1. The minimum absolute atomic E-state index is 0.101. The van der Waals surface area contributed by atoms with Gasteiger partial charge in [-0.3, -0.25) is 19.6 Å². The molecule has 4 N–H and O–H groups in total. The summed E-state index contributed by atoms with van der Waals surface area (Å²) in [6.07, 6.45) is 5.11. The largest absolute Gasteiger partial charge is 0.455 e. The SMILES string of the molecule is O=C(NS(=O)c1ccc(NCC2CCOCC2)c([N+](=O)[O-])c1)c1ccc(N2CCNCC2)cc1Oc1cnc2[nH]ccc2c1. The first-order valence-corrected chi connectivity index (χ1v) is 15.6. The second-order valence-electron chi connectivity index (χ2n) is 10.7. The average Bonchev–Trinajstić information content (AvgIpc) is 3.52. The van der Waals surface area contributed by atoms with Crippen molar-refractivity contribution in [1.29, 1.82) is 0 Å². The molecule has 13 nitrogen and oxygen atoms in total. The van der Waals surface area contributed by atoms with Gasteiger partial charge in [0.2, 0.25) is 0 Å². The minimum atomic E-state index is -2.07. The number of nitro benzene ring substituents is 1. The Morgan fingerprint density at radius 1 is 1.14 bits per heavy atom. The zero-order valence-corrected chi connectivity index (χ0v) is 24.7. The van der Waals surface area contributed by atoms with Crippen molar-refractivity contribution >= 4 is 45.0 Å². The van der Waals surface area contributed by atoms with E-state index < -0.39 is 21.8 Å². The first-order chi connectivity index (χ1) is 21.4. The van der Waals surface area contributed by atoms with Crippen molar-refractivity contribution in [3.63, 3.8) is 0 Å². The number of carbonyl (C=O) groups is 1. The van der Waals surface area contributed by atoms with Crippen LogP contribution in [0, 0.1) is 16.0 Å². The van der Waals surface area contributed by atoms with Gasteiger partial charge in [-0.15, -0.1) is 0 Å². The van der Waals surface area contributed by atoms with Gasteiger partial charge in [0.1, 0.15) is 22.8 Å². The van der Waals surface area contributed by atoms with Crippen molar-refractivity contribution in [1.82, 2.24) is 20.0 Å². The summed E-state index contributed by atoms with van der Waals surface area (Å²) in [6.45, 7) is 5.19. The number of nitrogens with zero attached hydrogens (tertiary/aromatic N) is 3. The first kappa shape index (κ1) is 29.5. The highest BCUT2D eigenvalue weighted by molar-refractivity contribution is 7.83. The summed E-state index contributed by atoms with van der Waals surface area (Å²) < 4.78 is 27.3.